The predicted octanol–water partition coefficient (Wildman–Crippen LogP) is 5.72. The van der Waals surface area contributed by atoms with E-state index in [0.29, 0.717) is 11.3 Å². The summed E-state index contributed by atoms with van der Waals surface area (Å²) in [6.07, 6.45) is 3.42. The minimum atomic E-state index is -3.74. The van der Waals surface area contributed by atoms with E-state index in [4.69, 9.17) is 5.10 Å². The molecule has 0 radical (unpaired) electrons. The quantitative estimate of drug-likeness (QED) is 0.191. The molecule has 0 saturated carbocycles. The molecule has 2 N–H and O–H groups in total. The first-order valence-electron chi connectivity index (χ1n) is 12.5. The summed E-state index contributed by atoms with van der Waals surface area (Å²) in [5, 5.41) is 8.93. The maximum atomic E-state index is 12.7. The lowest BCUT2D eigenvalue weighted by molar-refractivity contribution is 0.0955. The lowest BCUT2D eigenvalue weighted by Crippen LogP contribution is -2.18. The summed E-state index contributed by atoms with van der Waals surface area (Å²) in [5.74, 6) is -0.434. The summed E-state index contributed by atoms with van der Waals surface area (Å²) in [6, 6.07) is 30.5. The number of aryl methyl sites for hydroxylation is 2. The molecule has 1 heterocycles. The molecule has 200 valence electrons. The Labute approximate surface area is 233 Å². The number of hydrazone groups is 1. The number of amides is 1. The molecular weight excluding hydrogens is 522 g/mol. The molecule has 0 bridgehead atoms. The van der Waals surface area contributed by atoms with Gasteiger partial charge in [-0.05, 0) is 62.4 Å². The number of hydrogen-bond acceptors (Lipinski definition) is 5. The number of benzene rings is 4. The molecule has 1 aromatic heterocycles. The zero-order chi connectivity index (χ0) is 28.1. The highest BCUT2D eigenvalue weighted by Gasteiger charge is 2.15. The minimum Gasteiger partial charge on any atom is -0.280 e. The summed E-state index contributed by atoms with van der Waals surface area (Å²) < 4.78 is 29.6. The SMILES string of the molecule is Cc1ccc(-c2nn(-c3ccccc3)cc2C=NNC(=O)c2ccc(NS(=O)(=O)c3ccc(C)cc3)cc2)cc1. The molecule has 0 aliphatic rings. The largest absolute Gasteiger partial charge is 0.280 e. The van der Waals surface area contributed by atoms with Crippen LogP contribution in [0.4, 0.5) is 5.69 Å². The van der Waals surface area contributed by atoms with E-state index in [1.807, 2.05) is 74.6 Å². The van der Waals surface area contributed by atoms with Gasteiger partial charge in [0.25, 0.3) is 15.9 Å². The van der Waals surface area contributed by atoms with E-state index < -0.39 is 15.9 Å². The van der Waals surface area contributed by atoms with Gasteiger partial charge in [0.15, 0.2) is 0 Å². The highest BCUT2D eigenvalue weighted by atomic mass is 32.2. The Morgan fingerprint density at radius 1 is 0.825 bits per heavy atom. The fourth-order valence-electron chi connectivity index (χ4n) is 3.98. The molecule has 5 aromatic rings. The number of aromatic nitrogens is 2. The van der Waals surface area contributed by atoms with E-state index in [9.17, 15) is 13.2 Å². The van der Waals surface area contributed by atoms with Crippen LogP contribution in [0.15, 0.2) is 119 Å². The van der Waals surface area contributed by atoms with Crippen molar-refractivity contribution in [3.63, 3.8) is 0 Å². The maximum Gasteiger partial charge on any atom is 0.271 e. The van der Waals surface area contributed by atoms with Crippen LogP contribution >= 0.6 is 0 Å². The molecule has 8 nitrogen and oxygen atoms in total. The molecule has 0 unspecified atom stereocenters. The van der Waals surface area contributed by atoms with Crippen molar-refractivity contribution in [1.82, 2.24) is 15.2 Å². The molecule has 0 spiro atoms. The zero-order valence-electron chi connectivity index (χ0n) is 21.9. The lowest BCUT2D eigenvalue weighted by Gasteiger charge is -2.09. The number of nitrogens with zero attached hydrogens (tertiary/aromatic N) is 3. The van der Waals surface area contributed by atoms with E-state index >= 15 is 0 Å². The molecule has 1 amide bonds. The minimum absolute atomic E-state index is 0.162. The number of nitrogens with one attached hydrogen (secondary N) is 2. The first kappa shape index (κ1) is 26.6. The molecular formula is C31H27N5O3S. The normalized spacial score (nSPS) is 11.4. The summed E-state index contributed by atoms with van der Waals surface area (Å²) >= 11 is 0. The average Bonchev–Trinajstić information content (AvgIpc) is 3.38. The molecule has 0 aliphatic carbocycles. The third-order valence-corrected chi connectivity index (χ3v) is 7.59. The maximum absolute atomic E-state index is 12.7. The summed E-state index contributed by atoms with van der Waals surface area (Å²) in [6.45, 7) is 3.91. The van der Waals surface area contributed by atoms with Gasteiger partial charge in [-0.2, -0.15) is 10.2 Å². The van der Waals surface area contributed by atoms with Gasteiger partial charge in [0.2, 0.25) is 0 Å². The third-order valence-electron chi connectivity index (χ3n) is 6.19. The zero-order valence-corrected chi connectivity index (χ0v) is 22.8. The summed E-state index contributed by atoms with van der Waals surface area (Å²) in [5.41, 5.74) is 8.60. The highest BCUT2D eigenvalue weighted by molar-refractivity contribution is 7.92. The van der Waals surface area contributed by atoms with E-state index in [1.54, 1.807) is 35.2 Å². The van der Waals surface area contributed by atoms with Gasteiger partial charge in [-0.25, -0.2) is 18.5 Å². The molecule has 4 aromatic carbocycles. The van der Waals surface area contributed by atoms with Crippen LogP contribution in [0, 0.1) is 13.8 Å². The van der Waals surface area contributed by atoms with Crippen LogP contribution in [0.2, 0.25) is 0 Å². The molecule has 0 saturated heterocycles. The van der Waals surface area contributed by atoms with E-state index in [2.05, 4.69) is 15.2 Å². The van der Waals surface area contributed by atoms with Gasteiger partial charge in [0.05, 0.1) is 16.8 Å². The number of anilines is 1. The van der Waals surface area contributed by atoms with Crippen LogP contribution in [0.1, 0.15) is 27.0 Å². The van der Waals surface area contributed by atoms with Crippen LogP contribution in [0.3, 0.4) is 0 Å². The summed E-state index contributed by atoms with van der Waals surface area (Å²) in [7, 11) is -3.74. The first-order chi connectivity index (χ1) is 19.3. The van der Waals surface area contributed by atoms with E-state index in [0.717, 1.165) is 33.6 Å². The van der Waals surface area contributed by atoms with E-state index in [1.165, 1.54) is 24.3 Å². The van der Waals surface area contributed by atoms with Crippen molar-refractivity contribution in [2.24, 2.45) is 5.10 Å². The van der Waals surface area contributed by atoms with Gasteiger partial charge < -0.3 is 0 Å². The second-order valence-electron chi connectivity index (χ2n) is 9.27. The van der Waals surface area contributed by atoms with Crippen molar-refractivity contribution in [1.29, 1.82) is 0 Å². The van der Waals surface area contributed by atoms with Gasteiger partial charge in [0, 0.05) is 28.6 Å². The lowest BCUT2D eigenvalue weighted by atomic mass is 10.1. The fraction of sp³-hybridized carbons (Fsp3) is 0.0645. The van der Waals surface area contributed by atoms with Crippen LogP contribution in [0.25, 0.3) is 16.9 Å². The van der Waals surface area contributed by atoms with Gasteiger partial charge in [0.1, 0.15) is 5.69 Å². The molecule has 0 fully saturated rings. The van der Waals surface area contributed by atoms with Crippen LogP contribution in [0.5, 0.6) is 0 Å². The number of sulfonamides is 1. The van der Waals surface area contributed by atoms with Gasteiger partial charge in [-0.1, -0.05) is 65.7 Å². The van der Waals surface area contributed by atoms with Crippen LogP contribution in [-0.4, -0.2) is 30.3 Å². The van der Waals surface area contributed by atoms with Crippen LogP contribution < -0.4 is 10.1 Å². The monoisotopic (exact) mass is 549 g/mol. The Hall–Kier alpha value is -5.02. The van der Waals surface area contributed by atoms with Crippen molar-refractivity contribution < 1.29 is 13.2 Å². The Balaban J connectivity index is 1.30. The van der Waals surface area contributed by atoms with Crippen molar-refractivity contribution in [2.45, 2.75) is 18.7 Å². The third kappa shape index (κ3) is 6.16. The Bertz CT molecular complexity index is 1760. The van der Waals surface area contributed by atoms with Gasteiger partial charge in [-0.3, -0.25) is 9.52 Å². The first-order valence-corrected chi connectivity index (χ1v) is 14.0. The smallest absolute Gasteiger partial charge is 0.271 e. The fourth-order valence-corrected chi connectivity index (χ4v) is 5.04. The van der Waals surface area contributed by atoms with Crippen molar-refractivity contribution in [3.05, 3.63) is 132 Å². The predicted molar refractivity (Wildman–Crippen MR) is 157 cm³/mol. The average molecular weight is 550 g/mol. The second-order valence-corrected chi connectivity index (χ2v) is 11.0. The standard InChI is InChI=1S/C31H27N5O3S/c1-22-8-12-24(13-9-22)30-26(21-36(34-30)28-6-4-3-5-7-28)20-32-33-31(37)25-14-16-27(17-15-25)35-40(38,39)29-18-10-23(2)11-19-29/h3-21,35H,1-2H3,(H,33,37). The second kappa shape index (κ2) is 11.4. The Morgan fingerprint density at radius 3 is 2.10 bits per heavy atom. The van der Waals surface area contributed by atoms with Crippen molar-refractivity contribution >= 4 is 27.8 Å². The summed E-state index contributed by atoms with van der Waals surface area (Å²) in [4.78, 5) is 12.9. The number of para-hydroxylation sites is 1. The molecule has 0 atom stereocenters. The number of hydrogen-bond donors (Lipinski definition) is 2. The molecule has 5 rings (SSSR count). The number of carbonyl (C=O) groups excluding carboxylic acids is 1. The van der Waals surface area contributed by atoms with Crippen molar-refractivity contribution in [2.75, 3.05) is 4.72 Å². The molecule has 0 aliphatic heterocycles. The topological polar surface area (TPSA) is 105 Å². The van der Waals surface area contributed by atoms with Crippen molar-refractivity contribution in [3.8, 4) is 16.9 Å². The molecule has 9 heteroatoms. The van der Waals surface area contributed by atoms with Crippen LogP contribution in [-0.2, 0) is 10.0 Å². The van der Waals surface area contributed by atoms with E-state index in [-0.39, 0.29) is 4.90 Å². The molecule has 40 heavy (non-hydrogen) atoms. The highest BCUT2D eigenvalue weighted by Crippen LogP contribution is 2.23. The number of rotatable bonds is 8. The Kier molecular flexibility index (Phi) is 7.56. The Morgan fingerprint density at radius 2 is 1.45 bits per heavy atom. The van der Waals surface area contributed by atoms with Gasteiger partial charge in [-0.15, -0.1) is 0 Å². The number of carbonyl (C=O) groups is 1. The van der Waals surface area contributed by atoms with Gasteiger partial charge >= 0.3 is 0 Å².